The summed E-state index contributed by atoms with van der Waals surface area (Å²) in [5, 5.41) is 9.36. The molecule has 0 spiro atoms. The zero-order chi connectivity index (χ0) is 13.0. The summed E-state index contributed by atoms with van der Waals surface area (Å²) in [6, 6.07) is 6.88. The van der Waals surface area contributed by atoms with Crippen molar-refractivity contribution in [2.45, 2.75) is 19.3 Å². The average molecular weight is 248 g/mol. The van der Waals surface area contributed by atoms with E-state index in [2.05, 4.69) is 0 Å². The van der Waals surface area contributed by atoms with Crippen LogP contribution in [0.15, 0.2) is 24.3 Å². The molecule has 0 unspecified atom stereocenters. The van der Waals surface area contributed by atoms with Crippen molar-refractivity contribution in [2.24, 2.45) is 11.7 Å². The predicted molar refractivity (Wildman–Crippen MR) is 70.2 cm³/mol. The summed E-state index contributed by atoms with van der Waals surface area (Å²) in [4.78, 5) is 14.0. The summed E-state index contributed by atoms with van der Waals surface area (Å²) in [6.07, 6.45) is 2.37. The van der Waals surface area contributed by atoms with Crippen molar-refractivity contribution < 1.29 is 9.90 Å². The lowest BCUT2D eigenvalue weighted by molar-refractivity contribution is -0.131. The SMILES string of the molecule is NCC1CCN(C(=O)Cc2cccc(O)c2)CC1. The zero-order valence-corrected chi connectivity index (χ0v) is 10.5. The van der Waals surface area contributed by atoms with Crippen molar-refractivity contribution in [3.8, 4) is 5.75 Å². The number of amides is 1. The molecule has 0 bridgehead atoms. The molecular formula is C14H20N2O2. The molecule has 0 radical (unpaired) electrons. The molecule has 0 atom stereocenters. The maximum atomic E-state index is 12.1. The Labute approximate surface area is 107 Å². The van der Waals surface area contributed by atoms with Gasteiger partial charge >= 0.3 is 0 Å². The molecule has 3 N–H and O–H groups in total. The molecule has 0 saturated carbocycles. The molecule has 1 aliphatic rings. The number of rotatable bonds is 3. The average Bonchev–Trinajstić information content (AvgIpc) is 2.39. The molecular weight excluding hydrogens is 228 g/mol. The highest BCUT2D eigenvalue weighted by molar-refractivity contribution is 5.79. The van der Waals surface area contributed by atoms with Crippen LogP contribution in [-0.2, 0) is 11.2 Å². The van der Waals surface area contributed by atoms with Crippen molar-refractivity contribution in [1.29, 1.82) is 0 Å². The van der Waals surface area contributed by atoms with Gasteiger partial charge in [0.2, 0.25) is 5.91 Å². The van der Waals surface area contributed by atoms with Crippen LogP contribution in [-0.4, -0.2) is 35.5 Å². The number of phenolic OH excluding ortho intramolecular Hbond substituents is 1. The Hall–Kier alpha value is -1.55. The summed E-state index contributed by atoms with van der Waals surface area (Å²) < 4.78 is 0. The first-order valence-corrected chi connectivity index (χ1v) is 6.45. The van der Waals surface area contributed by atoms with Gasteiger partial charge in [-0.2, -0.15) is 0 Å². The van der Waals surface area contributed by atoms with Crippen LogP contribution in [0.4, 0.5) is 0 Å². The van der Waals surface area contributed by atoms with Crippen LogP contribution in [0.1, 0.15) is 18.4 Å². The minimum atomic E-state index is 0.135. The van der Waals surface area contributed by atoms with Gasteiger partial charge in [-0.05, 0) is 43.0 Å². The molecule has 1 aromatic rings. The summed E-state index contributed by atoms with van der Waals surface area (Å²) in [5.41, 5.74) is 6.50. The van der Waals surface area contributed by atoms with Gasteiger partial charge in [0.25, 0.3) is 0 Å². The number of carbonyl (C=O) groups excluding carboxylic acids is 1. The number of hydrogen-bond acceptors (Lipinski definition) is 3. The molecule has 1 aliphatic heterocycles. The van der Waals surface area contributed by atoms with E-state index in [0.717, 1.165) is 31.5 Å². The van der Waals surface area contributed by atoms with Gasteiger partial charge in [0, 0.05) is 13.1 Å². The van der Waals surface area contributed by atoms with Gasteiger partial charge in [0.05, 0.1) is 6.42 Å². The molecule has 1 saturated heterocycles. The summed E-state index contributed by atoms with van der Waals surface area (Å²) in [6.45, 7) is 2.33. The van der Waals surface area contributed by atoms with E-state index in [1.54, 1.807) is 18.2 Å². The number of nitrogens with two attached hydrogens (primary N) is 1. The zero-order valence-electron chi connectivity index (χ0n) is 10.5. The largest absolute Gasteiger partial charge is 0.508 e. The number of piperidine rings is 1. The van der Waals surface area contributed by atoms with Gasteiger partial charge in [0.1, 0.15) is 5.75 Å². The fourth-order valence-corrected chi connectivity index (χ4v) is 2.37. The van der Waals surface area contributed by atoms with Crippen LogP contribution < -0.4 is 5.73 Å². The lowest BCUT2D eigenvalue weighted by Crippen LogP contribution is -2.40. The Balaban J connectivity index is 1.89. The number of hydrogen-bond donors (Lipinski definition) is 2. The molecule has 1 fully saturated rings. The first-order chi connectivity index (χ1) is 8.69. The molecule has 1 amide bonds. The molecule has 18 heavy (non-hydrogen) atoms. The smallest absolute Gasteiger partial charge is 0.226 e. The Morgan fingerprint density at radius 2 is 2.11 bits per heavy atom. The van der Waals surface area contributed by atoms with Crippen molar-refractivity contribution in [1.82, 2.24) is 4.90 Å². The maximum absolute atomic E-state index is 12.1. The van der Waals surface area contributed by atoms with E-state index in [9.17, 15) is 9.90 Å². The number of nitrogens with zero attached hydrogens (tertiary/aromatic N) is 1. The van der Waals surface area contributed by atoms with Crippen molar-refractivity contribution in [3.63, 3.8) is 0 Å². The lowest BCUT2D eigenvalue weighted by atomic mass is 9.96. The summed E-state index contributed by atoms with van der Waals surface area (Å²) in [5.74, 6) is 0.910. The van der Waals surface area contributed by atoms with Crippen molar-refractivity contribution in [3.05, 3.63) is 29.8 Å². The van der Waals surface area contributed by atoms with Crippen LogP contribution >= 0.6 is 0 Å². The molecule has 4 nitrogen and oxygen atoms in total. The highest BCUT2D eigenvalue weighted by atomic mass is 16.3. The number of carbonyl (C=O) groups is 1. The maximum Gasteiger partial charge on any atom is 0.226 e. The minimum Gasteiger partial charge on any atom is -0.508 e. The first-order valence-electron chi connectivity index (χ1n) is 6.45. The van der Waals surface area contributed by atoms with Crippen LogP contribution in [0.5, 0.6) is 5.75 Å². The molecule has 0 aromatic heterocycles. The second-order valence-corrected chi connectivity index (χ2v) is 4.91. The van der Waals surface area contributed by atoms with E-state index in [1.165, 1.54) is 0 Å². The molecule has 2 rings (SSSR count). The van der Waals surface area contributed by atoms with E-state index >= 15 is 0 Å². The van der Waals surface area contributed by atoms with Crippen molar-refractivity contribution in [2.75, 3.05) is 19.6 Å². The third kappa shape index (κ3) is 3.23. The van der Waals surface area contributed by atoms with Crippen molar-refractivity contribution >= 4 is 5.91 Å². The Bertz CT molecular complexity index is 412. The minimum absolute atomic E-state index is 0.135. The Morgan fingerprint density at radius 3 is 2.72 bits per heavy atom. The van der Waals surface area contributed by atoms with Gasteiger partial charge in [0.15, 0.2) is 0 Å². The van der Waals surface area contributed by atoms with Gasteiger partial charge in [-0.15, -0.1) is 0 Å². The normalized spacial score (nSPS) is 16.8. The number of phenols is 1. The summed E-state index contributed by atoms with van der Waals surface area (Å²) >= 11 is 0. The van der Waals surface area contributed by atoms with E-state index in [-0.39, 0.29) is 11.7 Å². The molecule has 0 aliphatic carbocycles. The third-order valence-corrected chi connectivity index (χ3v) is 3.57. The fraction of sp³-hybridized carbons (Fsp3) is 0.500. The van der Waals surface area contributed by atoms with E-state index in [4.69, 9.17) is 5.73 Å². The second kappa shape index (κ2) is 5.87. The highest BCUT2D eigenvalue weighted by Crippen LogP contribution is 2.18. The predicted octanol–water partition coefficient (Wildman–Crippen LogP) is 1.13. The van der Waals surface area contributed by atoms with Crippen LogP contribution in [0.2, 0.25) is 0 Å². The first kappa shape index (κ1) is 12.9. The molecule has 1 heterocycles. The van der Waals surface area contributed by atoms with Gasteiger partial charge in [-0.1, -0.05) is 12.1 Å². The highest BCUT2D eigenvalue weighted by Gasteiger charge is 2.21. The van der Waals surface area contributed by atoms with E-state index in [0.29, 0.717) is 18.9 Å². The van der Waals surface area contributed by atoms with Crippen LogP contribution in [0.25, 0.3) is 0 Å². The van der Waals surface area contributed by atoms with E-state index < -0.39 is 0 Å². The molecule has 1 aromatic carbocycles. The fourth-order valence-electron chi connectivity index (χ4n) is 2.37. The van der Waals surface area contributed by atoms with Crippen LogP contribution in [0, 0.1) is 5.92 Å². The second-order valence-electron chi connectivity index (χ2n) is 4.91. The number of likely N-dealkylation sites (tertiary alicyclic amines) is 1. The monoisotopic (exact) mass is 248 g/mol. The van der Waals surface area contributed by atoms with Gasteiger partial charge in [-0.3, -0.25) is 4.79 Å². The number of aromatic hydroxyl groups is 1. The summed E-state index contributed by atoms with van der Waals surface area (Å²) in [7, 11) is 0. The standard InChI is InChI=1S/C14H20N2O2/c15-10-11-4-6-16(7-5-11)14(18)9-12-2-1-3-13(17)8-12/h1-3,8,11,17H,4-7,9-10,15H2. The Morgan fingerprint density at radius 1 is 1.39 bits per heavy atom. The lowest BCUT2D eigenvalue weighted by Gasteiger charge is -2.31. The molecule has 4 heteroatoms. The molecule has 98 valence electrons. The van der Waals surface area contributed by atoms with Gasteiger partial charge in [-0.25, -0.2) is 0 Å². The van der Waals surface area contributed by atoms with Crippen LogP contribution in [0.3, 0.4) is 0 Å². The third-order valence-electron chi connectivity index (χ3n) is 3.57. The van der Waals surface area contributed by atoms with E-state index in [1.807, 2.05) is 11.0 Å². The quantitative estimate of drug-likeness (QED) is 0.842. The number of benzene rings is 1. The topological polar surface area (TPSA) is 66.6 Å². The van der Waals surface area contributed by atoms with Gasteiger partial charge < -0.3 is 15.7 Å². The Kier molecular flexibility index (Phi) is 4.20.